The van der Waals surface area contributed by atoms with E-state index in [9.17, 15) is 9.59 Å². The number of nitrogens with one attached hydrogen (secondary N) is 1. The van der Waals surface area contributed by atoms with Crippen LogP contribution in [-0.2, 0) is 16.1 Å². The van der Waals surface area contributed by atoms with Crippen LogP contribution in [0.1, 0.15) is 12.5 Å². The molecule has 27 heavy (non-hydrogen) atoms. The van der Waals surface area contributed by atoms with Crippen molar-refractivity contribution in [1.29, 1.82) is 0 Å². The number of carbonyl (C=O) groups is 2. The first-order chi connectivity index (χ1) is 13.1. The second kappa shape index (κ2) is 9.39. The number of amides is 3. The van der Waals surface area contributed by atoms with Gasteiger partial charge in [-0.2, -0.15) is 0 Å². The summed E-state index contributed by atoms with van der Waals surface area (Å²) in [6.45, 7) is 7.49. The van der Waals surface area contributed by atoms with Crippen LogP contribution in [0.2, 0.25) is 5.02 Å². The Kier molecular flexibility index (Phi) is 6.93. The standard InChI is InChI=1S/C19H27ClN4O3/c1-15(18(25)21-14-16-4-2-3-5-17(16)20)22-6-8-23(9-7-22)19(26)24-10-12-27-13-11-24/h2-5,15H,6-14H2,1H3,(H,21,25). The minimum Gasteiger partial charge on any atom is -0.378 e. The average Bonchev–Trinajstić information content (AvgIpc) is 2.72. The summed E-state index contributed by atoms with van der Waals surface area (Å²) in [5.74, 6) is -0.0251. The van der Waals surface area contributed by atoms with Crippen molar-refractivity contribution in [2.45, 2.75) is 19.5 Å². The Morgan fingerprint density at radius 2 is 1.70 bits per heavy atom. The molecule has 8 heteroatoms. The Bertz CT molecular complexity index is 658. The van der Waals surface area contributed by atoms with Crippen LogP contribution in [0.4, 0.5) is 4.79 Å². The third-order valence-electron chi connectivity index (χ3n) is 5.20. The predicted octanol–water partition coefficient (Wildman–Crippen LogP) is 1.41. The lowest BCUT2D eigenvalue weighted by Gasteiger charge is -2.40. The van der Waals surface area contributed by atoms with Crippen LogP contribution in [0, 0.1) is 0 Å². The highest BCUT2D eigenvalue weighted by Gasteiger charge is 2.29. The van der Waals surface area contributed by atoms with Gasteiger partial charge in [-0.3, -0.25) is 9.69 Å². The molecule has 0 bridgehead atoms. The van der Waals surface area contributed by atoms with Crippen LogP contribution >= 0.6 is 11.6 Å². The number of hydrogen-bond acceptors (Lipinski definition) is 4. The SMILES string of the molecule is CC(C(=O)NCc1ccccc1Cl)N1CCN(C(=O)N2CCOCC2)CC1. The van der Waals surface area contributed by atoms with Crippen LogP contribution < -0.4 is 5.32 Å². The third-order valence-corrected chi connectivity index (χ3v) is 5.57. The summed E-state index contributed by atoms with van der Waals surface area (Å²) in [6.07, 6.45) is 0. The van der Waals surface area contributed by atoms with Crippen LogP contribution in [0.5, 0.6) is 0 Å². The first-order valence-electron chi connectivity index (χ1n) is 9.43. The first-order valence-corrected chi connectivity index (χ1v) is 9.81. The highest BCUT2D eigenvalue weighted by molar-refractivity contribution is 6.31. The molecular formula is C19H27ClN4O3. The summed E-state index contributed by atoms with van der Waals surface area (Å²) in [5, 5.41) is 3.61. The molecule has 2 aliphatic rings. The van der Waals surface area contributed by atoms with E-state index >= 15 is 0 Å². The van der Waals surface area contributed by atoms with Gasteiger partial charge in [0.25, 0.3) is 0 Å². The van der Waals surface area contributed by atoms with Gasteiger partial charge in [-0.25, -0.2) is 4.79 Å². The van der Waals surface area contributed by atoms with Crippen molar-refractivity contribution in [1.82, 2.24) is 20.0 Å². The summed E-state index contributed by atoms with van der Waals surface area (Å²) >= 11 is 6.13. The topological polar surface area (TPSA) is 65.1 Å². The molecule has 3 rings (SSSR count). The number of halogens is 1. The van der Waals surface area contributed by atoms with Gasteiger partial charge in [-0.15, -0.1) is 0 Å². The van der Waals surface area contributed by atoms with E-state index in [4.69, 9.17) is 16.3 Å². The van der Waals surface area contributed by atoms with E-state index in [0.29, 0.717) is 64.0 Å². The molecule has 3 amide bonds. The largest absolute Gasteiger partial charge is 0.378 e. The molecule has 148 valence electrons. The molecule has 1 N–H and O–H groups in total. The van der Waals surface area contributed by atoms with Gasteiger partial charge in [-0.1, -0.05) is 29.8 Å². The van der Waals surface area contributed by atoms with E-state index in [2.05, 4.69) is 10.2 Å². The summed E-state index contributed by atoms with van der Waals surface area (Å²) in [4.78, 5) is 30.9. The van der Waals surface area contributed by atoms with Crippen LogP contribution in [-0.4, -0.2) is 85.2 Å². The molecule has 0 aromatic heterocycles. The monoisotopic (exact) mass is 394 g/mol. The molecule has 2 heterocycles. The number of ether oxygens (including phenoxy) is 1. The summed E-state index contributed by atoms with van der Waals surface area (Å²) in [5.41, 5.74) is 0.903. The number of hydrogen-bond donors (Lipinski definition) is 1. The van der Waals surface area contributed by atoms with Crippen LogP contribution in [0.15, 0.2) is 24.3 Å². The predicted molar refractivity (Wildman–Crippen MR) is 104 cm³/mol. The molecule has 2 saturated heterocycles. The van der Waals surface area contributed by atoms with Gasteiger partial charge in [0, 0.05) is 50.8 Å². The average molecular weight is 395 g/mol. The van der Waals surface area contributed by atoms with Gasteiger partial charge in [0.05, 0.1) is 19.3 Å². The van der Waals surface area contributed by atoms with Gasteiger partial charge in [0.2, 0.25) is 5.91 Å². The summed E-state index contributed by atoms with van der Waals surface area (Å²) in [6, 6.07) is 7.33. The number of morpholine rings is 1. The molecule has 2 fully saturated rings. The smallest absolute Gasteiger partial charge is 0.320 e. The molecule has 0 saturated carbocycles. The number of rotatable bonds is 4. The van der Waals surface area contributed by atoms with Gasteiger partial charge < -0.3 is 19.9 Å². The van der Waals surface area contributed by atoms with Crippen LogP contribution in [0.25, 0.3) is 0 Å². The van der Waals surface area contributed by atoms with Crippen molar-refractivity contribution in [3.8, 4) is 0 Å². The van der Waals surface area contributed by atoms with Crippen molar-refractivity contribution in [2.75, 3.05) is 52.5 Å². The normalized spacial score (nSPS) is 19.6. The van der Waals surface area contributed by atoms with Crippen molar-refractivity contribution in [3.63, 3.8) is 0 Å². The highest BCUT2D eigenvalue weighted by atomic mass is 35.5. The molecule has 2 aliphatic heterocycles. The minimum absolute atomic E-state index is 0.0251. The Morgan fingerprint density at radius 3 is 2.37 bits per heavy atom. The summed E-state index contributed by atoms with van der Waals surface area (Å²) in [7, 11) is 0. The highest BCUT2D eigenvalue weighted by Crippen LogP contribution is 2.15. The molecular weight excluding hydrogens is 368 g/mol. The zero-order chi connectivity index (χ0) is 19.2. The molecule has 1 aromatic rings. The van der Waals surface area contributed by atoms with Crippen LogP contribution in [0.3, 0.4) is 0 Å². The Balaban J connectivity index is 1.44. The zero-order valence-corrected chi connectivity index (χ0v) is 16.5. The number of benzene rings is 1. The van der Waals surface area contributed by atoms with Gasteiger partial charge in [-0.05, 0) is 18.6 Å². The van der Waals surface area contributed by atoms with Gasteiger partial charge in [0.15, 0.2) is 0 Å². The maximum Gasteiger partial charge on any atom is 0.320 e. The fourth-order valence-electron chi connectivity index (χ4n) is 3.39. The van der Waals surface area contributed by atoms with E-state index < -0.39 is 0 Å². The Labute approximate surface area is 165 Å². The molecule has 1 aromatic carbocycles. The second-order valence-corrected chi connectivity index (χ2v) is 7.30. The fraction of sp³-hybridized carbons (Fsp3) is 0.579. The lowest BCUT2D eigenvalue weighted by Crippen LogP contribution is -2.57. The quantitative estimate of drug-likeness (QED) is 0.838. The Morgan fingerprint density at radius 1 is 1.07 bits per heavy atom. The maximum absolute atomic E-state index is 12.5. The summed E-state index contributed by atoms with van der Waals surface area (Å²) < 4.78 is 5.30. The van der Waals surface area contributed by atoms with E-state index in [1.165, 1.54) is 0 Å². The van der Waals surface area contributed by atoms with E-state index in [1.54, 1.807) is 0 Å². The molecule has 0 aliphatic carbocycles. The molecule has 0 spiro atoms. The number of piperazine rings is 1. The number of carbonyl (C=O) groups excluding carboxylic acids is 2. The maximum atomic E-state index is 12.5. The van der Waals surface area contributed by atoms with Crippen molar-refractivity contribution in [2.24, 2.45) is 0 Å². The molecule has 1 atom stereocenters. The van der Waals surface area contributed by atoms with Crippen molar-refractivity contribution in [3.05, 3.63) is 34.9 Å². The van der Waals surface area contributed by atoms with E-state index in [0.717, 1.165) is 5.56 Å². The molecule has 1 unspecified atom stereocenters. The van der Waals surface area contributed by atoms with Gasteiger partial charge >= 0.3 is 6.03 Å². The lowest BCUT2D eigenvalue weighted by atomic mass is 10.2. The lowest BCUT2D eigenvalue weighted by molar-refractivity contribution is -0.126. The fourth-order valence-corrected chi connectivity index (χ4v) is 3.60. The zero-order valence-electron chi connectivity index (χ0n) is 15.7. The van der Waals surface area contributed by atoms with Gasteiger partial charge in [0.1, 0.15) is 0 Å². The first kappa shape index (κ1) is 19.9. The number of nitrogens with zero attached hydrogens (tertiary/aromatic N) is 3. The van der Waals surface area contributed by atoms with Crippen molar-refractivity contribution >= 4 is 23.5 Å². The minimum atomic E-state index is -0.242. The number of urea groups is 1. The molecule has 0 radical (unpaired) electrons. The second-order valence-electron chi connectivity index (χ2n) is 6.89. The molecule has 7 nitrogen and oxygen atoms in total. The van der Waals surface area contributed by atoms with E-state index in [1.807, 2.05) is 41.0 Å². The third kappa shape index (κ3) is 5.12. The van der Waals surface area contributed by atoms with Crippen molar-refractivity contribution < 1.29 is 14.3 Å². The Hall–Kier alpha value is -1.83. The van der Waals surface area contributed by atoms with E-state index in [-0.39, 0.29) is 18.0 Å².